The summed E-state index contributed by atoms with van der Waals surface area (Å²) >= 11 is 1.52. The maximum Gasteiger partial charge on any atom is 0.229 e. The second-order valence-electron chi connectivity index (χ2n) is 6.77. The Hall–Kier alpha value is -2.84. The zero-order chi connectivity index (χ0) is 19.3. The topological polar surface area (TPSA) is 83.0 Å². The van der Waals surface area contributed by atoms with Gasteiger partial charge in [-0.1, -0.05) is 12.1 Å². The number of amides is 1. The SMILES string of the molecule is CC(=O)Nc1ccc(CN2CCC[C@H]2c2ccnc(Nc3nccs3)n2)cc1. The summed E-state index contributed by atoms with van der Waals surface area (Å²) in [5.41, 5.74) is 3.07. The quantitative estimate of drug-likeness (QED) is 0.658. The number of likely N-dealkylation sites (tertiary alicyclic amines) is 1. The molecule has 3 heterocycles. The van der Waals surface area contributed by atoms with Gasteiger partial charge in [0.05, 0.1) is 11.7 Å². The molecule has 1 fully saturated rings. The highest BCUT2D eigenvalue weighted by atomic mass is 32.1. The first-order valence-electron chi connectivity index (χ1n) is 9.27. The highest BCUT2D eigenvalue weighted by molar-refractivity contribution is 7.13. The van der Waals surface area contributed by atoms with Crippen molar-refractivity contribution in [3.8, 4) is 0 Å². The van der Waals surface area contributed by atoms with Gasteiger partial charge in [0, 0.05) is 36.9 Å². The zero-order valence-corrected chi connectivity index (χ0v) is 16.4. The van der Waals surface area contributed by atoms with Gasteiger partial charge in [-0.2, -0.15) is 0 Å². The molecule has 4 rings (SSSR count). The molecule has 7 nitrogen and oxygen atoms in total. The van der Waals surface area contributed by atoms with E-state index >= 15 is 0 Å². The maximum absolute atomic E-state index is 11.2. The van der Waals surface area contributed by atoms with Gasteiger partial charge >= 0.3 is 0 Å². The Morgan fingerprint density at radius 1 is 1.21 bits per heavy atom. The Bertz CT molecular complexity index is 928. The first-order chi connectivity index (χ1) is 13.7. The van der Waals surface area contributed by atoms with Crippen LogP contribution in [0, 0.1) is 0 Å². The number of thiazole rings is 1. The molecule has 1 saturated heterocycles. The third-order valence-electron chi connectivity index (χ3n) is 4.69. The maximum atomic E-state index is 11.2. The second-order valence-corrected chi connectivity index (χ2v) is 7.67. The van der Waals surface area contributed by atoms with E-state index in [-0.39, 0.29) is 11.9 Å². The summed E-state index contributed by atoms with van der Waals surface area (Å²) in [5, 5.41) is 8.68. The molecule has 8 heteroatoms. The predicted octanol–water partition coefficient (Wildman–Crippen LogP) is 3.97. The van der Waals surface area contributed by atoms with Gasteiger partial charge in [-0.05, 0) is 43.1 Å². The van der Waals surface area contributed by atoms with E-state index in [2.05, 4.69) is 37.6 Å². The van der Waals surface area contributed by atoms with Crippen LogP contribution in [0.5, 0.6) is 0 Å². The lowest BCUT2D eigenvalue weighted by Crippen LogP contribution is -2.23. The molecule has 0 spiro atoms. The minimum atomic E-state index is -0.0571. The minimum Gasteiger partial charge on any atom is -0.326 e. The molecule has 0 unspecified atom stereocenters. The first-order valence-corrected chi connectivity index (χ1v) is 10.2. The van der Waals surface area contributed by atoms with Crippen LogP contribution in [-0.4, -0.2) is 32.3 Å². The van der Waals surface area contributed by atoms with Crippen LogP contribution in [0.3, 0.4) is 0 Å². The summed E-state index contributed by atoms with van der Waals surface area (Å²) in [5.74, 6) is 0.525. The summed E-state index contributed by atoms with van der Waals surface area (Å²) in [7, 11) is 0. The molecular weight excluding hydrogens is 372 g/mol. The summed E-state index contributed by atoms with van der Waals surface area (Å²) in [4.78, 5) is 26.9. The second kappa shape index (κ2) is 8.45. The largest absolute Gasteiger partial charge is 0.326 e. The predicted molar refractivity (Wildman–Crippen MR) is 111 cm³/mol. The third kappa shape index (κ3) is 4.52. The van der Waals surface area contributed by atoms with Crippen LogP contribution in [0.25, 0.3) is 0 Å². The van der Waals surface area contributed by atoms with Gasteiger partial charge in [-0.15, -0.1) is 11.3 Å². The Morgan fingerprint density at radius 3 is 2.82 bits per heavy atom. The molecule has 0 bridgehead atoms. The first kappa shape index (κ1) is 18.5. The van der Waals surface area contributed by atoms with Crippen molar-refractivity contribution in [3.05, 3.63) is 59.4 Å². The van der Waals surface area contributed by atoms with E-state index in [0.29, 0.717) is 5.95 Å². The molecule has 1 aromatic carbocycles. The van der Waals surface area contributed by atoms with E-state index in [1.54, 1.807) is 12.4 Å². The summed E-state index contributed by atoms with van der Waals surface area (Å²) in [6, 6.07) is 10.3. The Kier molecular flexibility index (Phi) is 5.59. The third-order valence-corrected chi connectivity index (χ3v) is 5.38. The molecule has 144 valence electrons. The van der Waals surface area contributed by atoms with Crippen LogP contribution in [0.4, 0.5) is 16.8 Å². The van der Waals surface area contributed by atoms with E-state index in [0.717, 1.165) is 42.4 Å². The van der Waals surface area contributed by atoms with Crippen LogP contribution < -0.4 is 10.6 Å². The van der Waals surface area contributed by atoms with Gasteiger partial charge in [-0.25, -0.2) is 15.0 Å². The molecule has 1 aliphatic rings. The molecule has 1 amide bonds. The lowest BCUT2D eigenvalue weighted by Gasteiger charge is -2.24. The van der Waals surface area contributed by atoms with Crippen molar-refractivity contribution in [2.45, 2.75) is 32.4 Å². The fourth-order valence-electron chi connectivity index (χ4n) is 3.48. The summed E-state index contributed by atoms with van der Waals surface area (Å²) in [6.07, 6.45) is 5.79. The van der Waals surface area contributed by atoms with Gasteiger partial charge in [-0.3, -0.25) is 9.69 Å². The molecule has 1 atom stereocenters. The number of aromatic nitrogens is 3. The van der Waals surface area contributed by atoms with E-state index in [4.69, 9.17) is 4.98 Å². The lowest BCUT2D eigenvalue weighted by atomic mass is 10.1. The highest BCUT2D eigenvalue weighted by Gasteiger charge is 2.27. The fraction of sp³-hybridized carbons (Fsp3) is 0.300. The number of benzene rings is 1. The van der Waals surface area contributed by atoms with Crippen LogP contribution in [0.15, 0.2) is 48.1 Å². The fourth-order valence-corrected chi connectivity index (χ4v) is 4.00. The number of carbonyl (C=O) groups excluding carboxylic acids is 1. The van der Waals surface area contributed by atoms with Gasteiger partial charge < -0.3 is 10.6 Å². The smallest absolute Gasteiger partial charge is 0.229 e. The van der Waals surface area contributed by atoms with Crippen molar-refractivity contribution in [1.82, 2.24) is 19.9 Å². The minimum absolute atomic E-state index is 0.0571. The molecule has 2 aromatic heterocycles. The van der Waals surface area contributed by atoms with Crippen molar-refractivity contribution in [1.29, 1.82) is 0 Å². The van der Waals surface area contributed by atoms with Gasteiger partial charge in [0.1, 0.15) is 0 Å². The van der Waals surface area contributed by atoms with Gasteiger partial charge in [0.15, 0.2) is 5.13 Å². The standard InChI is InChI=1S/C20H22N6OS/c1-14(27)23-16-6-4-15(5-7-16)13-26-11-2-3-18(26)17-8-9-21-19(24-17)25-20-22-10-12-28-20/h4-10,12,18H,2-3,11,13H2,1H3,(H,23,27)(H,21,22,24,25)/t18-/m0/s1. The molecule has 1 aliphatic heterocycles. The molecule has 0 aliphatic carbocycles. The summed E-state index contributed by atoms with van der Waals surface area (Å²) < 4.78 is 0. The molecule has 0 radical (unpaired) electrons. The average molecular weight is 395 g/mol. The number of carbonyl (C=O) groups is 1. The molecule has 3 aromatic rings. The Labute approximate surface area is 167 Å². The van der Waals surface area contributed by atoms with Crippen molar-refractivity contribution in [2.24, 2.45) is 0 Å². The monoisotopic (exact) mass is 394 g/mol. The molecule has 0 saturated carbocycles. The van der Waals surface area contributed by atoms with E-state index in [1.807, 2.05) is 23.6 Å². The van der Waals surface area contributed by atoms with Crippen LogP contribution in [-0.2, 0) is 11.3 Å². The summed E-state index contributed by atoms with van der Waals surface area (Å²) in [6.45, 7) is 3.41. The van der Waals surface area contributed by atoms with Crippen molar-refractivity contribution < 1.29 is 4.79 Å². The van der Waals surface area contributed by atoms with Crippen molar-refractivity contribution in [3.63, 3.8) is 0 Å². The number of hydrogen-bond acceptors (Lipinski definition) is 7. The number of hydrogen-bond donors (Lipinski definition) is 2. The zero-order valence-electron chi connectivity index (χ0n) is 15.6. The highest BCUT2D eigenvalue weighted by Crippen LogP contribution is 2.32. The normalized spacial score (nSPS) is 16.8. The van der Waals surface area contributed by atoms with E-state index < -0.39 is 0 Å². The van der Waals surface area contributed by atoms with Crippen molar-refractivity contribution >= 4 is 34.0 Å². The lowest BCUT2D eigenvalue weighted by molar-refractivity contribution is -0.114. The van der Waals surface area contributed by atoms with Crippen molar-refractivity contribution in [2.75, 3.05) is 17.2 Å². The number of nitrogens with zero attached hydrogens (tertiary/aromatic N) is 4. The number of nitrogens with one attached hydrogen (secondary N) is 2. The van der Waals surface area contributed by atoms with Crippen LogP contribution >= 0.6 is 11.3 Å². The van der Waals surface area contributed by atoms with Crippen LogP contribution in [0.2, 0.25) is 0 Å². The van der Waals surface area contributed by atoms with E-state index in [9.17, 15) is 4.79 Å². The molecule has 2 N–H and O–H groups in total. The molecule has 28 heavy (non-hydrogen) atoms. The van der Waals surface area contributed by atoms with E-state index in [1.165, 1.54) is 23.8 Å². The Morgan fingerprint density at radius 2 is 2.07 bits per heavy atom. The Balaban J connectivity index is 1.45. The average Bonchev–Trinajstić information content (AvgIpc) is 3.35. The molecular formula is C20H22N6OS. The van der Waals surface area contributed by atoms with Gasteiger partial charge in [0.2, 0.25) is 11.9 Å². The number of anilines is 3. The van der Waals surface area contributed by atoms with Gasteiger partial charge in [0.25, 0.3) is 0 Å². The van der Waals surface area contributed by atoms with Crippen LogP contribution in [0.1, 0.15) is 37.1 Å². The number of rotatable bonds is 6.